The molecule has 7 heteroatoms. The average Bonchev–Trinajstić information content (AvgIpc) is 3.01. The molecule has 3 rings (SSSR count). The van der Waals surface area contributed by atoms with E-state index in [1.165, 1.54) is 18.2 Å². The maximum Gasteiger partial charge on any atom is 0.282 e. The number of rotatable bonds is 5. The molecule has 1 saturated heterocycles. The minimum Gasteiger partial charge on any atom is -0.351 e. The van der Waals surface area contributed by atoms with Gasteiger partial charge in [0.2, 0.25) is 5.91 Å². The van der Waals surface area contributed by atoms with Crippen molar-refractivity contribution in [2.75, 3.05) is 18.0 Å². The lowest BCUT2D eigenvalue weighted by molar-refractivity contribution is -0.385. The molecule has 1 atom stereocenters. The van der Waals surface area contributed by atoms with Crippen LogP contribution in [0.4, 0.5) is 11.4 Å². The Hall–Kier alpha value is -3.22. The molecular weight excluding hydrogens is 334 g/mol. The van der Waals surface area contributed by atoms with E-state index in [1.807, 2.05) is 31.2 Å². The molecule has 7 nitrogen and oxygen atoms in total. The van der Waals surface area contributed by atoms with Gasteiger partial charge < -0.3 is 10.2 Å². The normalized spacial score (nSPS) is 16.6. The van der Waals surface area contributed by atoms with Gasteiger partial charge in [0.1, 0.15) is 5.56 Å². The van der Waals surface area contributed by atoms with Gasteiger partial charge >= 0.3 is 0 Å². The van der Waals surface area contributed by atoms with Gasteiger partial charge in [-0.3, -0.25) is 19.7 Å². The van der Waals surface area contributed by atoms with E-state index in [9.17, 15) is 19.7 Å². The topological polar surface area (TPSA) is 92.6 Å². The molecule has 1 unspecified atom stereocenters. The SMILES string of the molecule is Cc1ccc(N2CC(CNC(=O)c3ccccc3[N+](=O)[O-])CC2=O)cc1. The first-order valence-electron chi connectivity index (χ1n) is 8.34. The third kappa shape index (κ3) is 3.72. The number of nitro groups is 1. The molecule has 0 aliphatic carbocycles. The average molecular weight is 353 g/mol. The fourth-order valence-electron chi connectivity index (χ4n) is 3.05. The Morgan fingerprint density at radius 3 is 2.62 bits per heavy atom. The van der Waals surface area contributed by atoms with Crippen molar-refractivity contribution >= 4 is 23.2 Å². The summed E-state index contributed by atoms with van der Waals surface area (Å²) in [7, 11) is 0. The molecule has 26 heavy (non-hydrogen) atoms. The van der Waals surface area contributed by atoms with Crippen LogP contribution in [-0.2, 0) is 4.79 Å². The molecule has 134 valence electrons. The van der Waals surface area contributed by atoms with Crippen LogP contribution in [-0.4, -0.2) is 29.8 Å². The van der Waals surface area contributed by atoms with E-state index in [-0.39, 0.29) is 23.1 Å². The van der Waals surface area contributed by atoms with Gasteiger partial charge in [0, 0.05) is 37.2 Å². The number of carbonyl (C=O) groups is 2. The Morgan fingerprint density at radius 1 is 1.23 bits per heavy atom. The summed E-state index contributed by atoms with van der Waals surface area (Å²) in [6.07, 6.45) is 0.338. The fourth-order valence-corrected chi connectivity index (χ4v) is 3.05. The lowest BCUT2D eigenvalue weighted by atomic mass is 10.1. The number of nitro benzene ring substituents is 1. The molecule has 0 aromatic heterocycles. The number of amides is 2. The van der Waals surface area contributed by atoms with Crippen LogP contribution in [0.2, 0.25) is 0 Å². The molecule has 0 radical (unpaired) electrons. The molecule has 0 saturated carbocycles. The number of hydrogen-bond acceptors (Lipinski definition) is 4. The summed E-state index contributed by atoms with van der Waals surface area (Å²) in [6, 6.07) is 13.5. The van der Waals surface area contributed by atoms with Gasteiger partial charge in [-0.15, -0.1) is 0 Å². The number of anilines is 1. The highest BCUT2D eigenvalue weighted by Crippen LogP contribution is 2.25. The van der Waals surface area contributed by atoms with Crippen LogP contribution in [0.5, 0.6) is 0 Å². The number of nitrogens with one attached hydrogen (secondary N) is 1. The summed E-state index contributed by atoms with van der Waals surface area (Å²) in [5.74, 6) is -0.521. The molecule has 1 N–H and O–H groups in total. The van der Waals surface area contributed by atoms with E-state index in [1.54, 1.807) is 11.0 Å². The van der Waals surface area contributed by atoms with Crippen molar-refractivity contribution < 1.29 is 14.5 Å². The summed E-state index contributed by atoms with van der Waals surface area (Å²) in [4.78, 5) is 36.7. The highest BCUT2D eigenvalue weighted by atomic mass is 16.6. The van der Waals surface area contributed by atoms with Gasteiger partial charge in [0.05, 0.1) is 4.92 Å². The van der Waals surface area contributed by atoms with E-state index in [0.717, 1.165) is 11.3 Å². The molecule has 0 bridgehead atoms. The number of nitrogens with zero attached hydrogens (tertiary/aromatic N) is 2. The Balaban J connectivity index is 1.62. The van der Waals surface area contributed by atoms with Crippen LogP contribution in [0.3, 0.4) is 0 Å². The van der Waals surface area contributed by atoms with Gasteiger partial charge in [-0.2, -0.15) is 0 Å². The Kier molecular flexibility index (Phi) is 4.97. The predicted molar refractivity (Wildman–Crippen MR) is 97.1 cm³/mol. The first kappa shape index (κ1) is 17.6. The van der Waals surface area contributed by atoms with Gasteiger partial charge in [-0.05, 0) is 25.1 Å². The molecule has 2 aromatic carbocycles. The quantitative estimate of drug-likeness (QED) is 0.661. The maximum absolute atomic E-state index is 12.3. The van der Waals surface area contributed by atoms with Crippen molar-refractivity contribution in [1.82, 2.24) is 5.32 Å². The summed E-state index contributed by atoms with van der Waals surface area (Å²) < 4.78 is 0. The number of carbonyl (C=O) groups excluding carboxylic acids is 2. The van der Waals surface area contributed by atoms with E-state index in [0.29, 0.717) is 19.5 Å². The Labute approximate surface area is 150 Å². The fraction of sp³-hybridized carbons (Fsp3) is 0.263. The zero-order valence-electron chi connectivity index (χ0n) is 14.3. The molecule has 1 fully saturated rings. The van der Waals surface area contributed by atoms with Gasteiger partial charge in [-0.1, -0.05) is 29.8 Å². The minimum absolute atomic E-state index is 0.0128. The number of aryl methyl sites for hydroxylation is 1. The smallest absolute Gasteiger partial charge is 0.282 e. The zero-order valence-corrected chi connectivity index (χ0v) is 14.3. The van der Waals surface area contributed by atoms with Gasteiger partial charge in [0.25, 0.3) is 11.6 Å². The molecule has 0 spiro atoms. The van der Waals surface area contributed by atoms with Crippen molar-refractivity contribution in [3.05, 3.63) is 69.8 Å². The Bertz CT molecular complexity index is 848. The van der Waals surface area contributed by atoms with Crippen LogP contribution in [0.1, 0.15) is 22.3 Å². The van der Waals surface area contributed by atoms with Crippen LogP contribution in [0, 0.1) is 23.0 Å². The van der Waals surface area contributed by atoms with Crippen LogP contribution >= 0.6 is 0 Å². The second kappa shape index (κ2) is 7.35. The standard InChI is InChI=1S/C19H19N3O4/c1-13-6-8-15(9-7-13)21-12-14(10-18(21)23)11-20-19(24)16-4-2-3-5-17(16)22(25)26/h2-9,14H,10-12H2,1H3,(H,20,24). The minimum atomic E-state index is -0.576. The summed E-state index contributed by atoms with van der Waals surface area (Å²) in [5.41, 5.74) is 1.76. The molecule has 2 aromatic rings. The molecule has 1 aliphatic heterocycles. The second-order valence-corrected chi connectivity index (χ2v) is 6.39. The van der Waals surface area contributed by atoms with Crippen molar-refractivity contribution in [1.29, 1.82) is 0 Å². The lowest BCUT2D eigenvalue weighted by Crippen LogP contribution is -2.31. The monoisotopic (exact) mass is 353 g/mol. The van der Waals surface area contributed by atoms with Crippen molar-refractivity contribution in [3.8, 4) is 0 Å². The van der Waals surface area contributed by atoms with Crippen LogP contribution in [0.25, 0.3) is 0 Å². The van der Waals surface area contributed by atoms with Crippen LogP contribution < -0.4 is 10.2 Å². The summed E-state index contributed by atoms with van der Waals surface area (Å²) in [6.45, 7) is 2.79. The van der Waals surface area contributed by atoms with E-state index in [2.05, 4.69) is 5.32 Å². The van der Waals surface area contributed by atoms with Gasteiger partial charge in [-0.25, -0.2) is 0 Å². The predicted octanol–water partition coefficient (Wildman–Crippen LogP) is 2.69. The zero-order chi connectivity index (χ0) is 18.7. The van der Waals surface area contributed by atoms with Gasteiger partial charge in [0.15, 0.2) is 0 Å². The lowest BCUT2D eigenvalue weighted by Gasteiger charge is -2.17. The summed E-state index contributed by atoms with van der Waals surface area (Å²) in [5, 5.41) is 13.7. The molecular formula is C19H19N3O4. The molecule has 2 amide bonds. The third-order valence-corrected chi connectivity index (χ3v) is 4.45. The van der Waals surface area contributed by atoms with E-state index in [4.69, 9.17) is 0 Å². The first-order chi connectivity index (χ1) is 12.5. The number of benzene rings is 2. The van der Waals surface area contributed by atoms with Crippen molar-refractivity contribution in [3.63, 3.8) is 0 Å². The van der Waals surface area contributed by atoms with Crippen molar-refractivity contribution in [2.24, 2.45) is 5.92 Å². The largest absolute Gasteiger partial charge is 0.351 e. The number of para-hydroxylation sites is 1. The number of hydrogen-bond donors (Lipinski definition) is 1. The van der Waals surface area contributed by atoms with E-state index >= 15 is 0 Å². The van der Waals surface area contributed by atoms with E-state index < -0.39 is 10.8 Å². The maximum atomic E-state index is 12.3. The highest BCUT2D eigenvalue weighted by molar-refractivity contribution is 5.98. The first-order valence-corrected chi connectivity index (χ1v) is 8.34. The van der Waals surface area contributed by atoms with Crippen LogP contribution in [0.15, 0.2) is 48.5 Å². The second-order valence-electron chi connectivity index (χ2n) is 6.39. The highest BCUT2D eigenvalue weighted by Gasteiger charge is 2.31. The van der Waals surface area contributed by atoms with Crippen molar-refractivity contribution in [2.45, 2.75) is 13.3 Å². The molecule has 1 aliphatic rings. The summed E-state index contributed by atoms with van der Waals surface area (Å²) >= 11 is 0. The third-order valence-electron chi connectivity index (χ3n) is 4.45. The molecule has 1 heterocycles. The Morgan fingerprint density at radius 2 is 1.92 bits per heavy atom.